The first-order chi connectivity index (χ1) is 17.7. The van der Waals surface area contributed by atoms with Crippen molar-refractivity contribution in [2.45, 2.75) is 95.9 Å². The van der Waals surface area contributed by atoms with E-state index in [0.717, 1.165) is 25.7 Å². The average molecular weight is 519 g/mol. The number of carbonyl (C=O) groups is 3. The molecule has 8 nitrogen and oxygen atoms in total. The van der Waals surface area contributed by atoms with Crippen molar-refractivity contribution in [1.82, 2.24) is 9.80 Å². The minimum absolute atomic E-state index is 0.0454. The van der Waals surface area contributed by atoms with Crippen molar-refractivity contribution in [3.63, 3.8) is 0 Å². The fourth-order valence-electron chi connectivity index (χ4n) is 6.87. The van der Waals surface area contributed by atoms with E-state index in [1.54, 1.807) is 15.9 Å². The third-order valence-corrected chi connectivity index (χ3v) is 8.99. The number of hydrogen-bond donors (Lipinski definition) is 1. The van der Waals surface area contributed by atoms with Gasteiger partial charge in [-0.25, -0.2) is 0 Å². The molecule has 208 valence electrons. The van der Waals surface area contributed by atoms with Gasteiger partial charge in [-0.1, -0.05) is 65.7 Å². The Morgan fingerprint density at radius 3 is 2.54 bits per heavy atom. The Hall–Kier alpha value is -2.19. The first kappa shape index (κ1) is 29.4. The van der Waals surface area contributed by atoms with Crippen molar-refractivity contribution < 1.29 is 29.0 Å². The van der Waals surface area contributed by atoms with Crippen molar-refractivity contribution in [3.8, 4) is 0 Å². The molecule has 3 aliphatic rings. The van der Waals surface area contributed by atoms with E-state index in [1.165, 1.54) is 6.08 Å². The van der Waals surface area contributed by atoms with Gasteiger partial charge < -0.3 is 24.4 Å². The van der Waals surface area contributed by atoms with Crippen LogP contribution in [0.1, 0.15) is 72.6 Å². The highest BCUT2D eigenvalue weighted by Crippen LogP contribution is 2.65. The molecule has 3 saturated heterocycles. The molecule has 2 amide bonds. The topological polar surface area (TPSA) is 96.4 Å². The highest BCUT2D eigenvalue weighted by Gasteiger charge is 2.79. The summed E-state index contributed by atoms with van der Waals surface area (Å²) in [5.74, 6) is -2.64. The van der Waals surface area contributed by atoms with Gasteiger partial charge in [-0.15, -0.1) is 6.58 Å². The lowest BCUT2D eigenvalue weighted by atomic mass is 9.65. The number of carbonyl (C=O) groups excluding carboxylic acids is 3. The number of nitrogens with zero attached hydrogens (tertiary/aromatic N) is 2. The van der Waals surface area contributed by atoms with E-state index in [0.29, 0.717) is 32.4 Å². The normalized spacial score (nSPS) is 31.6. The van der Waals surface area contributed by atoms with Gasteiger partial charge in [-0.3, -0.25) is 14.4 Å². The van der Waals surface area contributed by atoms with Crippen LogP contribution in [0.5, 0.6) is 0 Å². The molecule has 0 aromatic rings. The van der Waals surface area contributed by atoms with Crippen LogP contribution in [0.4, 0.5) is 0 Å². The van der Waals surface area contributed by atoms with E-state index in [9.17, 15) is 19.5 Å². The highest BCUT2D eigenvalue weighted by atomic mass is 16.6. The van der Waals surface area contributed by atoms with Gasteiger partial charge in [0.05, 0.1) is 24.2 Å². The molecule has 3 fully saturated rings. The molecule has 0 aromatic heterocycles. The minimum atomic E-state index is -1.13. The number of ether oxygens (including phenoxy) is 2. The molecule has 3 rings (SSSR count). The fourth-order valence-corrected chi connectivity index (χ4v) is 6.87. The Morgan fingerprint density at radius 2 is 1.97 bits per heavy atom. The largest absolute Gasteiger partial charge is 0.461 e. The molecular formula is C29H46N2O6. The van der Waals surface area contributed by atoms with Crippen LogP contribution >= 0.6 is 0 Å². The molecule has 0 saturated carbocycles. The number of aliphatic hydroxyl groups excluding tert-OH is 1. The monoisotopic (exact) mass is 518 g/mol. The van der Waals surface area contributed by atoms with E-state index in [4.69, 9.17) is 9.47 Å². The Balaban J connectivity index is 2.13. The van der Waals surface area contributed by atoms with Crippen LogP contribution < -0.4 is 0 Å². The molecule has 0 aliphatic carbocycles. The highest BCUT2D eigenvalue weighted by molar-refractivity contribution is 5.98. The summed E-state index contributed by atoms with van der Waals surface area (Å²) in [5, 5.41) is 10.5. The maximum absolute atomic E-state index is 14.4. The summed E-state index contributed by atoms with van der Waals surface area (Å²) < 4.78 is 12.3. The summed E-state index contributed by atoms with van der Waals surface area (Å²) in [6.45, 7) is 16.2. The van der Waals surface area contributed by atoms with Crippen molar-refractivity contribution in [2.75, 3.05) is 26.3 Å². The Labute approximate surface area is 222 Å². The van der Waals surface area contributed by atoms with Crippen LogP contribution in [-0.2, 0) is 23.9 Å². The Bertz CT molecular complexity index is 876. The molecule has 0 aromatic carbocycles. The number of fused-ring (bicyclic) bond motifs is 1. The molecule has 0 radical (unpaired) electrons. The Morgan fingerprint density at radius 1 is 1.24 bits per heavy atom. The molecule has 8 heteroatoms. The summed E-state index contributed by atoms with van der Waals surface area (Å²) >= 11 is 0. The Kier molecular flexibility index (Phi) is 9.62. The van der Waals surface area contributed by atoms with Crippen molar-refractivity contribution in [2.24, 2.45) is 17.8 Å². The molecule has 2 bridgehead atoms. The summed E-state index contributed by atoms with van der Waals surface area (Å²) in [7, 11) is 0. The van der Waals surface area contributed by atoms with Crippen LogP contribution in [-0.4, -0.2) is 82.3 Å². The van der Waals surface area contributed by atoms with Crippen LogP contribution in [0.2, 0.25) is 0 Å². The van der Waals surface area contributed by atoms with Gasteiger partial charge in [-0.05, 0) is 31.6 Å². The number of unbranched alkanes of at least 4 members (excludes halogenated alkanes) is 2. The van der Waals surface area contributed by atoms with Gasteiger partial charge in [0.25, 0.3) is 0 Å². The second-order valence-electron chi connectivity index (χ2n) is 10.9. The third kappa shape index (κ3) is 4.87. The van der Waals surface area contributed by atoms with E-state index < -0.39 is 41.1 Å². The number of likely N-dealkylation sites (tertiary alicyclic amines) is 1. The molecular weight excluding hydrogens is 472 g/mol. The lowest BCUT2D eigenvalue weighted by Crippen LogP contribution is -2.60. The second-order valence-corrected chi connectivity index (χ2v) is 10.9. The average Bonchev–Trinajstić information content (AvgIpc) is 3.50. The van der Waals surface area contributed by atoms with Gasteiger partial charge >= 0.3 is 5.97 Å². The van der Waals surface area contributed by atoms with Crippen LogP contribution in [0.15, 0.2) is 25.3 Å². The molecule has 3 aliphatic heterocycles. The molecule has 1 spiro atoms. The smallest absolute Gasteiger partial charge is 0.313 e. The maximum atomic E-state index is 14.4. The van der Waals surface area contributed by atoms with E-state index in [1.807, 2.05) is 20.8 Å². The summed E-state index contributed by atoms with van der Waals surface area (Å²) in [6, 6.07) is -1.47. The number of hydrogen-bond acceptors (Lipinski definition) is 6. The number of aliphatic hydroxyl groups is 1. The number of amides is 2. The molecule has 1 N–H and O–H groups in total. The molecule has 37 heavy (non-hydrogen) atoms. The quantitative estimate of drug-likeness (QED) is 0.203. The van der Waals surface area contributed by atoms with Gasteiger partial charge in [0.1, 0.15) is 24.2 Å². The van der Waals surface area contributed by atoms with Crippen molar-refractivity contribution >= 4 is 17.8 Å². The molecule has 2 unspecified atom stereocenters. The number of rotatable bonds is 15. The lowest BCUT2D eigenvalue weighted by molar-refractivity contribution is -0.163. The lowest BCUT2D eigenvalue weighted by Gasteiger charge is -2.41. The van der Waals surface area contributed by atoms with E-state index in [-0.39, 0.29) is 30.9 Å². The van der Waals surface area contributed by atoms with Crippen LogP contribution in [0.25, 0.3) is 0 Å². The van der Waals surface area contributed by atoms with E-state index >= 15 is 0 Å². The van der Waals surface area contributed by atoms with Gasteiger partial charge in [0.15, 0.2) is 0 Å². The molecule has 7 atom stereocenters. The third-order valence-electron chi connectivity index (χ3n) is 8.99. The minimum Gasteiger partial charge on any atom is -0.461 e. The van der Waals surface area contributed by atoms with Crippen molar-refractivity contribution in [1.29, 1.82) is 0 Å². The first-order valence-electron chi connectivity index (χ1n) is 14.0. The maximum Gasteiger partial charge on any atom is 0.313 e. The molecule has 3 heterocycles. The van der Waals surface area contributed by atoms with E-state index in [2.05, 4.69) is 20.1 Å². The predicted molar refractivity (Wildman–Crippen MR) is 141 cm³/mol. The van der Waals surface area contributed by atoms with Gasteiger partial charge in [0.2, 0.25) is 11.8 Å². The van der Waals surface area contributed by atoms with Gasteiger partial charge in [0, 0.05) is 13.1 Å². The summed E-state index contributed by atoms with van der Waals surface area (Å²) in [6.07, 6.45) is 8.40. The fraction of sp³-hybridized carbons (Fsp3) is 0.759. The predicted octanol–water partition coefficient (Wildman–Crippen LogP) is 3.48. The van der Waals surface area contributed by atoms with Crippen molar-refractivity contribution in [3.05, 3.63) is 25.3 Å². The van der Waals surface area contributed by atoms with Crippen LogP contribution in [0, 0.1) is 17.8 Å². The number of esters is 1. The first-order valence-corrected chi connectivity index (χ1v) is 14.0. The zero-order valence-electron chi connectivity index (χ0n) is 23.1. The SMILES string of the molecule is C=CCOC(=O)[C@@H]1[C@H]2C(=O)N([C@@H](CO)[C@@H](C)CC)C(C(=O)N(CC=C)CCCCC)C23CC[C@@]1(CC)O3. The summed E-state index contributed by atoms with van der Waals surface area (Å²) in [4.78, 5) is 45.4. The second kappa shape index (κ2) is 12.1. The summed E-state index contributed by atoms with van der Waals surface area (Å²) in [5.41, 5.74) is -1.98. The van der Waals surface area contributed by atoms with Gasteiger partial charge in [-0.2, -0.15) is 0 Å². The zero-order valence-corrected chi connectivity index (χ0v) is 23.1. The zero-order chi connectivity index (χ0) is 27.4. The van der Waals surface area contributed by atoms with Crippen LogP contribution in [0.3, 0.4) is 0 Å². The standard InChI is InChI=1S/C29H46N2O6/c1-7-12-13-17-30(16-8-2)26(34)24-29-15-14-28(11-5,37-29)23(27(35)36-18-9-3)22(29)25(33)31(24)21(19-32)20(6)10-4/h8-9,20-24,32H,2-3,7,10-19H2,1,4-6H3/t20-,21-,22-,23-,24?,28+,29?/m0/s1.